The summed E-state index contributed by atoms with van der Waals surface area (Å²) >= 11 is 6.15. The molecule has 1 aliphatic rings. The molecule has 1 aromatic heterocycles. The van der Waals surface area contributed by atoms with Crippen molar-refractivity contribution in [2.45, 2.75) is 31.8 Å². The maximum absolute atomic E-state index is 12.1. The van der Waals surface area contributed by atoms with Crippen molar-refractivity contribution in [3.63, 3.8) is 0 Å². The Morgan fingerprint density at radius 1 is 1.40 bits per heavy atom. The maximum Gasteiger partial charge on any atom is 0.258 e. The number of benzene rings is 1. The van der Waals surface area contributed by atoms with Crippen molar-refractivity contribution in [2.24, 2.45) is 0 Å². The van der Waals surface area contributed by atoms with Crippen molar-refractivity contribution < 1.29 is 9.53 Å². The lowest BCUT2D eigenvalue weighted by molar-refractivity contribution is -0.124. The maximum atomic E-state index is 12.1. The SMILES string of the molecule is CC1CC(NC(=O)COc2ccc(Cl)c3cccnc23)CCN1.Cl.Cl. The summed E-state index contributed by atoms with van der Waals surface area (Å²) in [5.74, 6) is 0.460. The highest BCUT2D eigenvalue weighted by molar-refractivity contribution is 6.35. The van der Waals surface area contributed by atoms with Crippen molar-refractivity contribution in [2.75, 3.05) is 13.2 Å². The zero-order valence-corrected chi connectivity index (χ0v) is 16.2. The number of pyridine rings is 1. The highest BCUT2D eigenvalue weighted by Gasteiger charge is 2.20. The van der Waals surface area contributed by atoms with Crippen molar-refractivity contribution in [1.82, 2.24) is 15.6 Å². The summed E-state index contributed by atoms with van der Waals surface area (Å²) in [6.07, 6.45) is 3.57. The van der Waals surface area contributed by atoms with E-state index in [-0.39, 0.29) is 43.4 Å². The molecule has 2 unspecified atom stereocenters. The first-order valence-corrected chi connectivity index (χ1v) is 8.20. The van der Waals surface area contributed by atoms with Gasteiger partial charge in [-0.1, -0.05) is 11.6 Å². The summed E-state index contributed by atoms with van der Waals surface area (Å²) in [4.78, 5) is 16.4. The predicted molar refractivity (Wildman–Crippen MR) is 105 cm³/mol. The molecule has 2 N–H and O–H groups in total. The normalized spacial score (nSPS) is 19.4. The Balaban J connectivity index is 0.00000156. The smallest absolute Gasteiger partial charge is 0.258 e. The third kappa shape index (κ3) is 5.61. The van der Waals surface area contributed by atoms with Gasteiger partial charge in [0.25, 0.3) is 5.91 Å². The Bertz CT molecular complexity index is 715. The monoisotopic (exact) mass is 405 g/mol. The van der Waals surface area contributed by atoms with Crippen molar-refractivity contribution >= 4 is 53.2 Å². The fourth-order valence-corrected chi connectivity index (χ4v) is 3.12. The van der Waals surface area contributed by atoms with Crippen molar-refractivity contribution in [3.8, 4) is 5.75 Å². The second-order valence-corrected chi connectivity index (χ2v) is 6.28. The minimum Gasteiger partial charge on any atom is -0.481 e. The Morgan fingerprint density at radius 2 is 2.20 bits per heavy atom. The van der Waals surface area contributed by atoms with Crippen LogP contribution in [0.4, 0.5) is 0 Å². The zero-order chi connectivity index (χ0) is 16.2. The average molecular weight is 407 g/mol. The second kappa shape index (κ2) is 10.0. The van der Waals surface area contributed by atoms with Crippen molar-refractivity contribution in [1.29, 1.82) is 0 Å². The molecule has 1 amide bonds. The fourth-order valence-electron chi connectivity index (χ4n) is 2.90. The molecule has 1 saturated heterocycles. The lowest BCUT2D eigenvalue weighted by atomic mass is 10.0. The minimum atomic E-state index is -0.108. The van der Waals surface area contributed by atoms with E-state index in [4.69, 9.17) is 16.3 Å². The van der Waals surface area contributed by atoms with Crippen LogP contribution in [0.15, 0.2) is 30.5 Å². The van der Waals surface area contributed by atoms with Gasteiger partial charge in [0.15, 0.2) is 6.61 Å². The van der Waals surface area contributed by atoms with Crippen LogP contribution >= 0.6 is 36.4 Å². The Morgan fingerprint density at radius 3 is 2.96 bits per heavy atom. The molecule has 3 rings (SSSR count). The third-order valence-electron chi connectivity index (χ3n) is 4.03. The van der Waals surface area contributed by atoms with Gasteiger partial charge in [-0.15, -0.1) is 24.8 Å². The molecular weight excluding hydrogens is 385 g/mol. The number of amides is 1. The van der Waals surface area contributed by atoms with Crippen LogP contribution in [0.3, 0.4) is 0 Å². The number of ether oxygens (including phenoxy) is 1. The number of nitrogens with one attached hydrogen (secondary N) is 2. The summed E-state index contributed by atoms with van der Waals surface area (Å²) in [6, 6.07) is 7.85. The van der Waals surface area contributed by atoms with Gasteiger partial charge in [0.1, 0.15) is 11.3 Å². The molecule has 1 fully saturated rings. The van der Waals surface area contributed by atoms with E-state index in [1.807, 2.05) is 12.1 Å². The van der Waals surface area contributed by atoms with Gasteiger partial charge < -0.3 is 15.4 Å². The lowest BCUT2D eigenvalue weighted by Gasteiger charge is -2.28. The average Bonchev–Trinajstić information content (AvgIpc) is 2.54. The Labute approximate surface area is 164 Å². The largest absolute Gasteiger partial charge is 0.481 e. The number of halogens is 3. The molecule has 2 atom stereocenters. The molecule has 0 radical (unpaired) electrons. The van der Waals surface area contributed by atoms with E-state index in [1.54, 1.807) is 18.3 Å². The summed E-state index contributed by atoms with van der Waals surface area (Å²) in [6.45, 7) is 3.03. The zero-order valence-electron chi connectivity index (χ0n) is 13.8. The number of fused-ring (bicyclic) bond motifs is 1. The molecule has 2 heterocycles. The molecule has 1 aliphatic heterocycles. The van der Waals surface area contributed by atoms with Crippen LogP contribution in [0.5, 0.6) is 5.75 Å². The summed E-state index contributed by atoms with van der Waals surface area (Å²) < 4.78 is 5.66. The van der Waals surface area contributed by atoms with Crippen molar-refractivity contribution in [3.05, 3.63) is 35.5 Å². The first kappa shape index (κ1) is 21.8. The number of hydrogen-bond acceptors (Lipinski definition) is 4. The topological polar surface area (TPSA) is 63.2 Å². The van der Waals surface area contributed by atoms with E-state index in [0.29, 0.717) is 22.3 Å². The van der Waals surface area contributed by atoms with Gasteiger partial charge in [-0.3, -0.25) is 9.78 Å². The Hall–Kier alpha value is -1.27. The predicted octanol–water partition coefficient (Wildman–Crippen LogP) is 3.37. The molecule has 1 aromatic carbocycles. The van der Waals surface area contributed by atoms with E-state index < -0.39 is 0 Å². The number of carbonyl (C=O) groups excluding carboxylic acids is 1. The van der Waals surface area contributed by atoms with Gasteiger partial charge in [-0.25, -0.2) is 0 Å². The van der Waals surface area contributed by atoms with Crippen LogP contribution in [-0.2, 0) is 4.79 Å². The quantitative estimate of drug-likeness (QED) is 0.817. The molecule has 5 nitrogen and oxygen atoms in total. The standard InChI is InChI=1S/C17H20ClN3O2.2ClH/c1-11-9-12(6-8-19-11)21-16(22)10-23-15-5-4-14(18)13-3-2-7-20-17(13)15;;/h2-5,7,11-12,19H,6,8-10H2,1H3,(H,21,22);2*1H. The van der Waals surface area contributed by atoms with E-state index >= 15 is 0 Å². The molecule has 0 bridgehead atoms. The van der Waals surface area contributed by atoms with Gasteiger partial charge in [0.05, 0.1) is 5.02 Å². The van der Waals surface area contributed by atoms with E-state index in [9.17, 15) is 4.79 Å². The first-order valence-electron chi connectivity index (χ1n) is 7.82. The van der Waals surface area contributed by atoms with Gasteiger partial charge in [-0.2, -0.15) is 0 Å². The molecule has 138 valence electrons. The molecular formula is C17H22Cl3N3O2. The van der Waals surface area contributed by atoms with Crippen LogP contribution in [0.2, 0.25) is 5.02 Å². The summed E-state index contributed by atoms with van der Waals surface area (Å²) in [5.41, 5.74) is 0.670. The van der Waals surface area contributed by atoms with Crippen LogP contribution < -0.4 is 15.4 Å². The first-order chi connectivity index (χ1) is 11.1. The number of piperidine rings is 1. The van der Waals surface area contributed by atoms with E-state index in [1.165, 1.54) is 0 Å². The Kier molecular flexibility index (Phi) is 8.73. The molecule has 0 spiro atoms. The lowest BCUT2D eigenvalue weighted by Crippen LogP contribution is -2.47. The van der Waals surface area contributed by atoms with E-state index in [0.717, 1.165) is 24.8 Å². The summed E-state index contributed by atoms with van der Waals surface area (Å²) in [7, 11) is 0. The van der Waals surface area contributed by atoms with E-state index in [2.05, 4.69) is 22.5 Å². The highest BCUT2D eigenvalue weighted by Crippen LogP contribution is 2.29. The molecule has 0 aliphatic carbocycles. The molecule has 2 aromatic rings. The van der Waals surface area contributed by atoms with Crippen LogP contribution in [0.1, 0.15) is 19.8 Å². The van der Waals surface area contributed by atoms with Gasteiger partial charge >= 0.3 is 0 Å². The number of nitrogens with zero attached hydrogens (tertiary/aromatic N) is 1. The highest BCUT2D eigenvalue weighted by atomic mass is 35.5. The fraction of sp³-hybridized carbons (Fsp3) is 0.412. The number of aromatic nitrogens is 1. The second-order valence-electron chi connectivity index (χ2n) is 5.88. The molecule has 8 heteroatoms. The minimum absolute atomic E-state index is 0. The van der Waals surface area contributed by atoms with Crippen LogP contribution in [0.25, 0.3) is 10.9 Å². The van der Waals surface area contributed by atoms with Gasteiger partial charge in [0.2, 0.25) is 0 Å². The number of carbonyl (C=O) groups is 1. The van der Waals surface area contributed by atoms with Gasteiger partial charge in [-0.05, 0) is 50.6 Å². The molecule has 0 saturated carbocycles. The van der Waals surface area contributed by atoms with Crippen LogP contribution in [0, 0.1) is 0 Å². The number of hydrogen-bond donors (Lipinski definition) is 2. The van der Waals surface area contributed by atoms with Gasteiger partial charge in [0, 0.05) is 23.7 Å². The summed E-state index contributed by atoms with van der Waals surface area (Å²) in [5, 5.41) is 7.83. The van der Waals surface area contributed by atoms with Crippen LogP contribution in [-0.4, -0.2) is 36.1 Å². The molecule has 25 heavy (non-hydrogen) atoms. The third-order valence-corrected chi connectivity index (χ3v) is 4.36. The number of rotatable bonds is 4.